The highest BCUT2D eigenvalue weighted by Crippen LogP contribution is 2.11. The topological polar surface area (TPSA) is 48.2 Å². The molecule has 1 rings (SSSR count). The molecule has 3 nitrogen and oxygen atoms in total. The largest absolute Gasteiger partial charge is 0.466 e. The fourth-order valence-corrected chi connectivity index (χ4v) is 0.835. The summed E-state index contributed by atoms with van der Waals surface area (Å²) < 4.78 is 4.83. The van der Waals surface area contributed by atoms with Crippen LogP contribution in [0.2, 0.25) is 0 Å². The van der Waals surface area contributed by atoms with E-state index in [0.717, 1.165) is 6.54 Å². The molecule has 1 aliphatic rings. The molecule has 0 radical (unpaired) electrons. The van der Waals surface area contributed by atoms with Crippen molar-refractivity contribution in [2.45, 2.75) is 19.9 Å². The van der Waals surface area contributed by atoms with Crippen LogP contribution in [0, 0.1) is 5.92 Å². The molecule has 1 N–H and O–H groups in total. The molecule has 1 fully saturated rings. The highest BCUT2D eigenvalue weighted by molar-refractivity contribution is 5.65. The van der Waals surface area contributed by atoms with Crippen LogP contribution in [-0.2, 0) is 9.53 Å². The summed E-state index contributed by atoms with van der Waals surface area (Å²) in [7, 11) is 0. The van der Waals surface area contributed by atoms with E-state index in [9.17, 15) is 4.79 Å². The van der Waals surface area contributed by atoms with Crippen LogP contribution in [0.5, 0.6) is 0 Å². The molecule has 3 heteroatoms. The second-order valence-corrected chi connectivity index (χ2v) is 2.79. The van der Waals surface area contributed by atoms with Crippen molar-refractivity contribution in [2.75, 3.05) is 13.2 Å². The Balaban J connectivity index is 2.05. The molecule has 1 heterocycles. The molecular formula is C7H13NO2. The molecular weight excluding hydrogens is 130 g/mol. The number of hydrogen-bond donors (Lipinski definition) is 1. The van der Waals surface area contributed by atoms with Gasteiger partial charge in [-0.25, -0.2) is 0 Å². The van der Waals surface area contributed by atoms with Crippen molar-refractivity contribution < 1.29 is 9.53 Å². The second-order valence-electron chi connectivity index (χ2n) is 2.79. The van der Waals surface area contributed by atoms with Crippen molar-refractivity contribution in [3.63, 3.8) is 0 Å². The lowest BCUT2D eigenvalue weighted by Crippen LogP contribution is -2.15. The van der Waals surface area contributed by atoms with Crippen LogP contribution in [0.15, 0.2) is 0 Å². The third-order valence-electron chi connectivity index (χ3n) is 1.68. The van der Waals surface area contributed by atoms with E-state index >= 15 is 0 Å². The molecule has 0 spiro atoms. The molecule has 0 saturated carbocycles. The maximum Gasteiger partial charge on any atom is 0.302 e. The number of hydrogen-bond acceptors (Lipinski definition) is 3. The van der Waals surface area contributed by atoms with Crippen LogP contribution in [0.1, 0.15) is 13.8 Å². The van der Waals surface area contributed by atoms with E-state index in [-0.39, 0.29) is 5.97 Å². The summed E-state index contributed by atoms with van der Waals surface area (Å²) in [6.07, 6.45) is 0. The SMILES string of the molecule is CC(=O)OCC(C)C1CN1. The second kappa shape index (κ2) is 3.01. The van der Waals surface area contributed by atoms with Gasteiger partial charge in [-0.15, -0.1) is 0 Å². The van der Waals surface area contributed by atoms with Gasteiger partial charge in [-0.1, -0.05) is 6.92 Å². The van der Waals surface area contributed by atoms with Crippen LogP contribution in [0.3, 0.4) is 0 Å². The molecule has 0 bridgehead atoms. The Morgan fingerprint density at radius 2 is 2.50 bits per heavy atom. The Morgan fingerprint density at radius 3 is 2.90 bits per heavy atom. The summed E-state index contributed by atoms with van der Waals surface area (Å²) in [5.74, 6) is 0.274. The zero-order valence-electron chi connectivity index (χ0n) is 6.39. The number of esters is 1. The quantitative estimate of drug-likeness (QED) is 0.452. The molecule has 2 atom stereocenters. The Labute approximate surface area is 60.7 Å². The highest BCUT2D eigenvalue weighted by Gasteiger charge is 2.27. The lowest BCUT2D eigenvalue weighted by molar-refractivity contribution is -0.142. The standard InChI is InChI=1S/C7H13NO2/c1-5(7-3-8-7)4-10-6(2)9/h5,7-8H,3-4H2,1-2H3. The zero-order valence-corrected chi connectivity index (χ0v) is 6.39. The van der Waals surface area contributed by atoms with E-state index in [1.165, 1.54) is 6.92 Å². The average molecular weight is 143 g/mol. The zero-order chi connectivity index (χ0) is 7.56. The van der Waals surface area contributed by atoms with E-state index < -0.39 is 0 Å². The highest BCUT2D eigenvalue weighted by atomic mass is 16.5. The van der Waals surface area contributed by atoms with Crippen molar-refractivity contribution in [1.82, 2.24) is 5.32 Å². The first kappa shape index (κ1) is 7.54. The summed E-state index contributed by atoms with van der Waals surface area (Å²) in [5.41, 5.74) is 0. The summed E-state index contributed by atoms with van der Waals surface area (Å²) in [6.45, 7) is 5.14. The van der Waals surface area contributed by atoms with E-state index in [0.29, 0.717) is 18.6 Å². The number of carbonyl (C=O) groups is 1. The third kappa shape index (κ3) is 2.35. The van der Waals surface area contributed by atoms with Gasteiger partial charge >= 0.3 is 5.97 Å². The van der Waals surface area contributed by atoms with Crippen LogP contribution < -0.4 is 5.32 Å². The molecule has 1 aliphatic heterocycles. The summed E-state index contributed by atoms with van der Waals surface area (Å²) in [4.78, 5) is 10.3. The van der Waals surface area contributed by atoms with Gasteiger partial charge in [0.05, 0.1) is 6.61 Å². The molecule has 58 valence electrons. The monoisotopic (exact) mass is 143 g/mol. The van der Waals surface area contributed by atoms with Gasteiger partial charge in [0.2, 0.25) is 0 Å². The van der Waals surface area contributed by atoms with Crippen LogP contribution in [0.4, 0.5) is 0 Å². The molecule has 0 aliphatic carbocycles. The minimum absolute atomic E-state index is 0.187. The third-order valence-corrected chi connectivity index (χ3v) is 1.68. The molecule has 0 amide bonds. The number of carbonyl (C=O) groups excluding carboxylic acids is 1. The normalized spacial score (nSPS) is 25.6. The number of ether oxygens (including phenoxy) is 1. The summed E-state index contributed by atoms with van der Waals surface area (Å²) in [5, 5.41) is 3.17. The van der Waals surface area contributed by atoms with Crippen LogP contribution >= 0.6 is 0 Å². The van der Waals surface area contributed by atoms with Gasteiger partial charge in [-0.3, -0.25) is 4.79 Å². The Morgan fingerprint density at radius 1 is 1.90 bits per heavy atom. The van der Waals surface area contributed by atoms with Gasteiger partial charge in [0.25, 0.3) is 0 Å². The summed E-state index contributed by atoms with van der Waals surface area (Å²) >= 11 is 0. The van der Waals surface area contributed by atoms with E-state index in [4.69, 9.17) is 4.74 Å². The Bertz CT molecular complexity index is 132. The van der Waals surface area contributed by atoms with Crippen molar-refractivity contribution >= 4 is 5.97 Å². The number of rotatable bonds is 3. The summed E-state index contributed by atoms with van der Waals surface area (Å²) in [6, 6.07) is 0.583. The van der Waals surface area contributed by atoms with E-state index in [2.05, 4.69) is 12.2 Å². The first-order valence-electron chi connectivity index (χ1n) is 3.57. The average Bonchev–Trinajstić information content (AvgIpc) is 2.63. The van der Waals surface area contributed by atoms with Crippen molar-refractivity contribution in [2.24, 2.45) is 5.92 Å². The fourth-order valence-electron chi connectivity index (χ4n) is 0.835. The number of nitrogens with one attached hydrogen (secondary N) is 1. The van der Waals surface area contributed by atoms with Gasteiger partial charge in [-0.2, -0.15) is 0 Å². The first-order valence-corrected chi connectivity index (χ1v) is 3.57. The van der Waals surface area contributed by atoms with Gasteiger partial charge in [0, 0.05) is 25.4 Å². The maximum atomic E-state index is 10.3. The van der Waals surface area contributed by atoms with Gasteiger partial charge in [0.15, 0.2) is 0 Å². The van der Waals surface area contributed by atoms with E-state index in [1.807, 2.05) is 0 Å². The predicted molar refractivity (Wildman–Crippen MR) is 37.6 cm³/mol. The molecule has 0 aromatic heterocycles. The van der Waals surface area contributed by atoms with Crippen molar-refractivity contribution in [1.29, 1.82) is 0 Å². The maximum absolute atomic E-state index is 10.3. The first-order chi connectivity index (χ1) is 4.70. The predicted octanol–water partition coefficient (Wildman–Crippen LogP) is 0.157. The van der Waals surface area contributed by atoms with Crippen molar-refractivity contribution in [3.05, 3.63) is 0 Å². The van der Waals surface area contributed by atoms with Crippen LogP contribution in [0.25, 0.3) is 0 Å². The molecule has 10 heavy (non-hydrogen) atoms. The molecule has 1 saturated heterocycles. The van der Waals surface area contributed by atoms with Crippen LogP contribution in [-0.4, -0.2) is 25.2 Å². The van der Waals surface area contributed by atoms with Gasteiger partial charge < -0.3 is 10.1 Å². The lowest BCUT2D eigenvalue weighted by atomic mass is 10.1. The van der Waals surface area contributed by atoms with Gasteiger partial charge in [-0.05, 0) is 0 Å². The van der Waals surface area contributed by atoms with Crippen molar-refractivity contribution in [3.8, 4) is 0 Å². The Kier molecular flexibility index (Phi) is 2.27. The Hall–Kier alpha value is -0.570. The fraction of sp³-hybridized carbons (Fsp3) is 0.857. The lowest BCUT2D eigenvalue weighted by Gasteiger charge is -2.07. The molecule has 0 aromatic rings. The molecule has 0 aromatic carbocycles. The minimum atomic E-state index is -0.187. The smallest absolute Gasteiger partial charge is 0.302 e. The van der Waals surface area contributed by atoms with E-state index in [1.54, 1.807) is 0 Å². The van der Waals surface area contributed by atoms with Gasteiger partial charge in [0.1, 0.15) is 0 Å². The molecule has 2 unspecified atom stereocenters. The minimum Gasteiger partial charge on any atom is -0.466 e.